The van der Waals surface area contributed by atoms with Crippen LogP contribution in [0.3, 0.4) is 0 Å². The van der Waals surface area contributed by atoms with Crippen LogP contribution < -0.4 is 0 Å². The minimum Gasteiger partial charge on any atom is -0.301 e. The number of benzene rings is 2. The van der Waals surface area contributed by atoms with Gasteiger partial charge in [0.15, 0.2) is 0 Å². The van der Waals surface area contributed by atoms with Gasteiger partial charge in [-0.2, -0.15) is 0 Å². The molecule has 0 spiro atoms. The van der Waals surface area contributed by atoms with E-state index in [4.69, 9.17) is 11.6 Å². The molecule has 0 aromatic heterocycles. The molecule has 112 valence electrons. The van der Waals surface area contributed by atoms with E-state index in [1.165, 1.54) is 35.8 Å². The van der Waals surface area contributed by atoms with Crippen LogP contribution in [0.25, 0.3) is 10.8 Å². The molecule has 1 saturated heterocycles. The van der Waals surface area contributed by atoms with Crippen molar-refractivity contribution < 1.29 is 0 Å². The van der Waals surface area contributed by atoms with E-state index in [9.17, 15) is 0 Å². The molecule has 3 atom stereocenters. The van der Waals surface area contributed by atoms with Gasteiger partial charge in [-0.05, 0) is 40.7 Å². The Bertz CT molecular complexity index is 599. The number of hydrogen-bond donors (Lipinski definition) is 0. The van der Waals surface area contributed by atoms with E-state index < -0.39 is 0 Å². The molecule has 3 unspecified atom stereocenters. The molecule has 2 heteroatoms. The Hall–Kier alpha value is -1.05. The fourth-order valence-corrected chi connectivity index (χ4v) is 4.01. The Morgan fingerprint density at radius 3 is 2.43 bits per heavy atom. The number of rotatable bonds is 3. The second kappa shape index (κ2) is 6.37. The van der Waals surface area contributed by atoms with Crippen LogP contribution in [0.1, 0.15) is 31.2 Å². The Kier molecular flexibility index (Phi) is 4.51. The van der Waals surface area contributed by atoms with Crippen molar-refractivity contribution in [3.8, 4) is 0 Å². The number of likely N-dealkylation sites (tertiary alicyclic amines) is 1. The fourth-order valence-electron chi connectivity index (χ4n) is 3.68. The quantitative estimate of drug-likeness (QED) is 0.713. The third kappa shape index (κ3) is 3.59. The van der Waals surface area contributed by atoms with Gasteiger partial charge >= 0.3 is 0 Å². The maximum atomic E-state index is 6.69. The lowest BCUT2D eigenvalue weighted by Crippen LogP contribution is -2.40. The van der Waals surface area contributed by atoms with Crippen LogP contribution in [0.15, 0.2) is 42.5 Å². The molecule has 3 rings (SSSR count). The minimum atomic E-state index is 0.0760. The topological polar surface area (TPSA) is 3.24 Å². The van der Waals surface area contributed by atoms with Crippen molar-refractivity contribution in [2.45, 2.75) is 25.6 Å². The maximum Gasteiger partial charge on any atom is 0.0712 e. The largest absolute Gasteiger partial charge is 0.301 e. The van der Waals surface area contributed by atoms with Gasteiger partial charge in [0, 0.05) is 19.6 Å². The molecule has 0 saturated carbocycles. The number of piperidine rings is 1. The molecular formula is C19H24ClN. The number of fused-ring (bicyclic) bond motifs is 1. The van der Waals surface area contributed by atoms with E-state index in [0.29, 0.717) is 0 Å². The Morgan fingerprint density at radius 2 is 1.71 bits per heavy atom. The van der Waals surface area contributed by atoms with Crippen LogP contribution in [0.2, 0.25) is 0 Å². The first-order valence-electron chi connectivity index (χ1n) is 7.97. The summed E-state index contributed by atoms with van der Waals surface area (Å²) in [5.74, 6) is 1.57. The van der Waals surface area contributed by atoms with Gasteiger partial charge in [-0.3, -0.25) is 0 Å². The normalized spacial score (nSPS) is 25.1. The molecular weight excluding hydrogens is 278 g/mol. The Morgan fingerprint density at radius 1 is 1.05 bits per heavy atom. The second-order valence-electron chi connectivity index (χ2n) is 6.74. The summed E-state index contributed by atoms with van der Waals surface area (Å²) in [5.41, 5.74) is 1.24. The molecule has 1 fully saturated rings. The van der Waals surface area contributed by atoms with E-state index in [0.717, 1.165) is 18.4 Å². The van der Waals surface area contributed by atoms with Crippen molar-refractivity contribution >= 4 is 22.4 Å². The smallest absolute Gasteiger partial charge is 0.0712 e. The molecule has 1 aliphatic rings. The summed E-state index contributed by atoms with van der Waals surface area (Å²) in [6.07, 6.45) is 1.35. The van der Waals surface area contributed by atoms with Gasteiger partial charge in [-0.25, -0.2) is 0 Å². The van der Waals surface area contributed by atoms with Crippen LogP contribution in [-0.2, 0) is 0 Å². The number of halogens is 1. The van der Waals surface area contributed by atoms with Gasteiger partial charge in [-0.1, -0.05) is 50.2 Å². The number of nitrogens with zero attached hydrogens (tertiary/aromatic N) is 1. The number of alkyl halides is 1. The average Bonchev–Trinajstić information content (AvgIpc) is 2.45. The summed E-state index contributed by atoms with van der Waals surface area (Å²) in [5, 5.41) is 2.64. The SMILES string of the molecule is CC1CC(C)CN(CC(Cl)c2ccc3ccccc3c2)C1. The third-order valence-corrected chi connectivity index (χ3v) is 4.89. The lowest BCUT2D eigenvalue weighted by atomic mass is 9.91. The van der Waals surface area contributed by atoms with Gasteiger partial charge in [0.2, 0.25) is 0 Å². The summed E-state index contributed by atoms with van der Waals surface area (Å²) < 4.78 is 0. The Labute approximate surface area is 132 Å². The van der Waals surface area contributed by atoms with Crippen molar-refractivity contribution in [1.29, 1.82) is 0 Å². The minimum absolute atomic E-state index is 0.0760. The third-order valence-electron chi connectivity index (χ3n) is 4.50. The molecule has 21 heavy (non-hydrogen) atoms. The summed E-state index contributed by atoms with van der Waals surface area (Å²) in [4.78, 5) is 2.53. The van der Waals surface area contributed by atoms with Crippen molar-refractivity contribution in [2.75, 3.05) is 19.6 Å². The van der Waals surface area contributed by atoms with Crippen LogP contribution in [0.4, 0.5) is 0 Å². The van der Waals surface area contributed by atoms with Crippen molar-refractivity contribution in [3.05, 3.63) is 48.0 Å². The predicted octanol–water partition coefficient (Wildman–Crippen LogP) is 5.10. The highest BCUT2D eigenvalue weighted by Crippen LogP contribution is 2.28. The maximum absolute atomic E-state index is 6.69. The zero-order valence-corrected chi connectivity index (χ0v) is 13.7. The van der Waals surface area contributed by atoms with Crippen LogP contribution in [-0.4, -0.2) is 24.5 Å². The summed E-state index contributed by atoms with van der Waals surface area (Å²) >= 11 is 6.69. The van der Waals surface area contributed by atoms with Gasteiger partial charge in [-0.15, -0.1) is 11.6 Å². The molecule has 2 aromatic carbocycles. The zero-order chi connectivity index (χ0) is 14.8. The molecule has 1 aliphatic heterocycles. The molecule has 0 bridgehead atoms. The van der Waals surface area contributed by atoms with Crippen LogP contribution in [0, 0.1) is 11.8 Å². The predicted molar refractivity (Wildman–Crippen MR) is 91.9 cm³/mol. The van der Waals surface area contributed by atoms with E-state index in [1.54, 1.807) is 0 Å². The standard InChI is InChI=1S/C19H24ClN/c1-14-9-15(2)12-21(11-14)13-19(20)18-8-7-16-5-3-4-6-17(16)10-18/h3-8,10,14-15,19H,9,11-13H2,1-2H3. The zero-order valence-electron chi connectivity index (χ0n) is 12.9. The molecule has 2 aromatic rings. The van der Waals surface area contributed by atoms with Crippen LogP contribution in [0.5, 0.6) is 0 Å². The molecule has 0 aliphatic carbocycles. The van der Waals surface area contributed by atoms with Crippen molar-refractivity contribution in [1.82, 2.24) is 4.90 Å². The fraction of sp³-hybridized carbons (Fsp3) is 0.474. The molecule has 1 heterocycles. The molecule has 0 N–H and O–H groups in total. The van der Waals surface area contributed by atoms with E-state index >= 15 is 0 Å². The van der Waals surface area contributed by atoms with E-state index in [-0.39, 0.29) is 5.38 Å². The lowest BCUT2D eigenvalue weighted by molar-refractivity contribution is 0.141. The van der Waals surface area contributed by atoms with Gasteiger partial charge in [0.1, 0.15) is 0 Å². The van der Waals surface area contributed by atoms with Gasteiger partial charge in [0.25, 0.3) is 0 Å². The summed E-state index contributed by atoms with van der Waals surface area (Å²) in [7, 11) is 0. The monoisotopic (exact) mass is 301 g/mol. The highest BCUT2D eigenvalue weighted by molar-refractivity contribution is 6.21. The molecule has 0 amide bonds. The van der Waals surface area contributed by atoms with Gasteiger partial charge < -0.3 is 4.90 Å². The van der Waals surface area contributed by atoms with Gasteiger partial charge in [0.05, 0.1) is 5.38 Å². The number of hydrogen-bond acceptors (Lipinski definition) is 1. The highest BCUT2D eigenvalue weighted by Gasteiger charge is 2.23. The first-order valence-corrected chi connectivity index (χ1v) is 8.40. The van der Waals surface area contributed by atoms with E-state index in [1.807, 2.05) is 0 Å². The Balaban J connectivity index is 1.72. The summed E-state index contributed by atoms with van der Waals surface area (Å²) in [6, 6.07) is 15.1. The first kappa shape index (κ1) is 14.9. The highest BCUT2D eigenvalue weighted by atomic mass is 35.5. The second-order valence-corrected chi connectivity index (χ2v) is 7.27. The van der Waals surface area contributed by atoms with Crippen molar-refractivity contribution in [3.63, 3.8) is 0 Å². The van der Waals surface area contributed by atoms with E-state index in [2.05, 4.69) is 61.2 Å². The average molecular weight is 302 g/mol. The first-order chi connectivity index (χ1) is 10.1. The van der Waals surface area contributed by atoms with Crippen molar-refractivity contribution in [2.24, 2.45) is 11.8 Å². The summed E-state index contributed by atoms with van der Waals surface area (Å²) in [6.45, 7) is 8.01. The lowest BCUT2D eigenvalue weighted by Gasteiger charge is -2.36. The molecule has 1 nitrogen and oxygen atoms in total. The van der Waals surface area contributed by atoms with Crippen LogP contribution >= 0.6 is 11.6 Å². The molecule has 0 radical (unpaired) electrons.